The largest absolute Gasteiger partial charge is 0.481 e. The molecule has 0 unspecified atom stereocenters. The number of hydrogen-bond acceptors (Lipinski definition) is 6. The number of aliphatic imine (C=N–C) groups is 1. The lowest BCUT2D eigenvalue weighted by Gasteiger charge is -1.97. The first-order chi connectivity index (χ1) is 8.81. The monoisotopic (exact) mass is 247 g/mol. The van der Waals surface area contributed by atoms with Gasteiger partial charge in [0.1, 0.15) is 18.1 Å². The molecule has 18 heavy (non-hydrogen) atoms. The Morgan fingerprint density at radius 1 is 1.33 bits per heavy atom. The Morgan fingerprint density at radius 3 is 3.00 bits per heavy atom. The maximum atomic E-state index is 5.44. The summed E-state index contributed by atoms with van der Waals surface area (Å²) in [5.41, 5.74) is 0. The van der Waals surface area contributed by atoms with Gasteiger partial charge in [-0.05, 0) is 12.1 Å². The van der Waals surface area contributed by atoms with Crippen LogP contribution in [0.2, 0.25) is 0 Å². The Balaban J connectivity index is 2.08. The van der Waals surface area contributed by atoms with Crippen molar-refractivity contribution in [2.75, 3.05) is 14.2 Å². The van der Waals surface area contributed by atoms with Crippen molar-refractivity contribution in [3.63, 3.8) is 0 Å². The van der Waals surface area contributed by atoms with Crippen molar-refractivity contribution in [2.24, 2.45) is 4.99 Å². The zero-order chi connectivity index (χ0) is 12.8. The fourth-order valence-corrected chi connectivity index (χ4v) is 1.31. The average molecular weight is 247 g/mol. The van der Waals surface area contributed by atoms with E-state index in [4.69, 9.17) is 13.9 Å². The first-order valence-electron chi connectivity index (χ1n) is 5.30. The van der Waals surface area contributed by atoms with Gasteiger partial charge in [-0.3, -0.25) is 0 Å². The molecule has 6 heteroatoms. The second kappa shape index (κ2) is 5.92. The normalized spacial score (nSPS) is 11.0. The summed E-state index contributed by atoms with van der Waals surface area (Å²) in [7, 11) is 3.15. The average Bonchev–Trinajstić information content (AvgIpc) is 2.85. The van der Waals surface area contributed by atoms with Crippen molar-refractivity contribution >= 4 is 12.2 Å². The number of aromatic nitrogens is 2. The van der Waals surface area contributed by atoms with Gasteiger partial charge >= 0.3 is 0 Å². The van der Waals surface area contributed by atoms with Crippen molar-refractivity contribution in [1.29, 1.82) is 0 Å². The van der Waals surface area contributed by atoms with Crippen LogP contribution in [-0.4, -0.2) is 30.4 Å². The lowest BCUT2D eigenvalue weighted by molar-refractivity contribution is 0.164. The highest BCUT2D eigenvalue weighted by atomic mass is 16.5. The van der Waals surface area contributed by atoms with E-state index >= 15 is 0 Å². The maximum absolute atomic E-state index is 5.44. The standard InChI is InChI=1S/C12H13N3O3/c1-16-8-10-4-3-9(18-10)7-14-12-13-6-5-11(15-12)17-2/h3-7H,8H2,1-2H3. The second-order valence-corrected chi connectivity index (χ2v) is 3.39. The van der Waals surface area contributed by atoms with E-state index in [1.165, 1.54) is 0 Å². The van der Waals surface area contributed by atoms with Crippen LogP contribution in [0.3, 0.4) is 0 Å². The summed E-state index contributed by atoms with van der Waals surface area (Å²) >= 11 is 0. The Bertz CT molecular complexity index is 537. The van der Waals surface area contributed by atoms with E-state index in [2.05, 4.69) is 15.0 Å². The first-order valence-corrected chi connectivity index (χ1v) is 5.30. The van der Waals surface area contributed by atoms with Crippen molar-refractivity contribution in [3.05, 3.63) is 35.9 Å². The van der Waals surface area contributed by atoms with Crippen molar-refractivity contribution in [3.8, 4) is 5.88 Å². The second-order valence-electron chi connectivity index (χ2n) is 3.39. The van der Waals surface area contributed by atoms with Gasteiger partial charge in [0.2, 0.25) is 5.88 Å². The minimum atomic E-state index is 0.319. The number of methoxy groups -OCH3 is 2. The van der Waals surface area contributed by atoms with Crippen LogP contribution in [0.15, 0.2) is 33.8 Å². The number of nitrogens with zero attached hydrogens (tertiary/aromatic N) is 3. The molecule has 2 aromatic heterocycles. The van der Waals surface area contributed by atoms with Crippen molar-refractivity contribution < 1.29 is 13.9 Å². The summed E-state index contributed by atoms with van der Waals surface area (Å²) in [6.45, 7) is 0.434. The summed E-state index contributed by atoms with van der Waals surface area (Å²) in [6, 6.07) is 5.29. The van der Waals surface area contributed by atoms with E-state index in [0.29, 0.717) is 24.2 Å². The molecule has 0 aliphatic carbocycles. The lowest BCUT2D eigenvalue weighted by Crippen LogP contribution is -1.88. The number of hydrogen-bond donors (Lipinski definition) is 0. The van der Waals surface area contributed by atoms with Crippen LogP contribution in [0.5, 0.6) is 5.88 Å². The molecule has 0 N–H and O–H groups in total. The zero-order valence-electron chi connectivity index (χ0n) is 10.2. The number of rotatable bonds is 5. The molecule has 0 aliphatic heterocycles. The molecule has 0 saturated heterocycles. The number of ether oxygens (including phenoxy) is 2. The summed E-state index contributed by atoms with van der Waals surface area (Å²) in [6.07, 6.45) is 3.13. The van der Waals surface area contributed by atoms with Crippen LogP contribution in [0, 0.1) is 0 Å². The molecule has 0 bridgehead atoms. The van der Waals surface area contributed by atoms with Gasteiger partial charge in [0.05, 0.1) is 13.3 Å². The van der Waals surface area contributed by atoms with Crippen LogP contribution in [0.4, 0.5) is 5.95 Å². The van der Waals surface area contributed by atoms with Gasteiger partial charge in [-0.1, -0.05) is 0 Å². The summed E-state index contributed by atoms with van der Waals surface area (Å²) in [5.74, 6) is 2.15. The summed E-state index contributed by atoms with van der Waals surface area (Å²) < 4.78 is 15.4. The van der Waals surface area contributed by atoms with Crippen LogP contribution < -0.4 is 4.74 Å². The highest BCUT2D eigenvalue weighted by Gasteiger charge is 2.00. The number of furan rings is 1. The van der Waals surface area contributed by atoms with Crippen LogP contribution >= 0.6 is 0 Å². The van der Waals surface area contributed by atoms with E-state index < -0.39 is 0 Å². The third-order valence-corrected chi connectivity index (χ3v) is 2.10. The predicted octanol–water partition coefficient (Wildman–Crippen LogP) is 1.98. The molecular formula is C12H13N3O3. The zero-order valence-corrected chi connectivity index (χ0v) is 10.2. The molecular weight excluding hydrogens is 234 g/mol. The van der Waals surface area contributed by atoms with E-state index in [0.717, 1.165) is 5.76 Å². The third-order valence-electron chi connectivity index (χ3n) is 2.10. The first kappa shape index (κ1) is 12.3. The maximum Gasteiger partial charge on any atom is 0.252 e. The van der Waals surface area contributed by atoms with E-state index in [9.17, 15) is 0 Å². The van der Waals surface area contributed by atoms with E-state index in [1.807, 2.05) is 6.07 Å². The van der Waals surface area contributed by atoms with E-state index in [1.54, 1.807) is 38.8 Å². The third kappa shape index (κ3) is 3.14. The van der Waals surface area contributed by atoms with Crippen molar-refractivity contribution in [2.45, 2.75) is 6.61 Å². The molecule has 0 spiro atoms. The molecule has 6 nitrogen and oxygen atoms in total. The quantitative estimate of drug-likeness (QED) is 0.755. The fourth-order valence-electron chi connectivity index (χ4n) is 1.31. The molecule has 2 rings (SSSR count). The highest BCUT2D eigenvalue weighted by molar-refractivity contribution is 5.77. The molecule has 0 saturated carbocycles. The molecule has 2 heterocycles. The van der Waals surface area contributed by atoms with Crippen molar-refractivity contribution in [1.82, 2.24) is 9.97 Å². The topological polar surface area (TPSA) is 69.7 Å². The van der Waals surface area contributed by atoms with Crippen LogP contribution in [-0.2, 0) is 11.3 Å². The molecule has 0 atom stereocenters. The van der Waals surface area contributed by atoms with Gasteiger partial charge in [-0.2, -0.15) is 4.98 Å². The SMILES string of the molecule is COCc1ccc(C=Nc2nccc(OC)n2)o1. The fraction of sp³-hybridized carbons (Fsp3) is 0.250. The van der Waals surface area contributed by atoms with Gasteiger partial charge in [-0.15, -0.1) is 0 Å². The van der Waals surface area contributed by atoms with Crippen LogP contribution in [0.1, 0.15) is 11.5 Å². The van der Waals surface area contributed by atoms with E-state index in [-0.39, 0.29) is 0 Å². The predicted molar refractivity (Wildman–Crippen MR) is 65.3 cm³/mol. The molecule has 0 amide bonds. The molecule has 0 fully saturated rings. The Labute approximate surface area is 104 Å². The summed E-state index contributed by atoms with van der Waals surface area (Å²) in [5, 5.41) is 0. The highest BCUT2D eigenvalue weighted by Crippen LogP contribution is 2.11. The molecule has 2 aromatic rings. The Morgan fingerprint density at radius 2 is 2.22 bits per heavy atom. The van der Waals surface area contributed by atoms with Gasteiger partial charge in [0.15, 0.2) is 0 Å². The lowest BCUT2D eigenvalue weighted by atomic mass is 10.4. The Hall–Kier alpha value is -2.21. The molecule has 0 aromatic carbocycles. The Kier molecular flexibility index (Phi) is 4.03. The van der Waals surface area contributed by atoms with Gasteiger partial charge < -0.3 is 13.9 Å². The summed E-state index contributed by atoms with van der Waals surface area (Å²) in [4.78, 5) is 12.1. The smallest absolute Gasteiger partial charge is 0.252 e. The minimum absolute atomic E-state index is 0.319. The minimum Gasteiger partial charge on any atom is -0.481 e. The van der Waals surface area contributed by atoms with Gasteiger partial charge in [-0.25, -0.2) is 9.98 Å². The van der Waals surface area contributed by atoms with Crippen LogP contribution in [0.25, 0.3) is 0 Å². The molecule has 94 valence electrons. The van der Waals surface area contributed by atoms with Gasteiger partial charge in [0, 0.05) is 19.4 Å². The molecule has 0 radical (unpaired) electrons. The molecule has 0 aliphatic rings. The van der Waals surface area contributed by atoms with Gasteiger partial charge in [0.25, 0.3) is 5.95 Å².